The van der Waals surface area contributed by atoms with Crippen molar-refractivity contribution in [2.45, 2.75) is 82.7 Å². The first-order valence-electron chi connectivity index (χ1n) is 13.4. The molecule has 1 aliphatic heterocycles. The molecule has 184 valence electrons. The van der Waals surface area contributed by atoms with Crippen LogP contribution in [0.1, 0.15) is 79.2 Å². The number of hydrogen-bond donors (Lipinski definition) is 1. The number of aromatic nitrogens is 2. The molecule has 0 spiro atoms. The Morgan fingerprint density at radius 3 is 2.65 bits per heavy atom. The smallest absolute Gasteiger partial charge is 0.274 e. The zero-order valence-electron chi connectivity index (χ0n) is 20.7. The lowest BCUT2D eigenvalue weighted by atomic mass is 9.69. The lowest BCUT2D eigenvalue weighted by Crippen LogP contribution is -2.46. The molecule has 2 heterocycles. The van der Waals surface area contributed by atoms with E-state index in [9.17, 15) is 4.79 Å². The van der Waals surface area contributed by atoms with E-state index in [0.29, 0.717) is 38.0 Å². The number of benzene rings is 1. The molecule has 1 atom stereocenters. The molecule has 1 aromatic heterocycles. The van der Waals surface area contributed by atoms with Crippen LogP contribution >= 0.6 is 0 Å². The van der Waals surface area contributed by atoms with E-state index in [0.717, 1.165) is 38.8 Å². The number of ether oxygens (including phenoxy) is 1. The monoisotopic (exact) mass is 464 g/mol. The standard InChI is InChI=1S/C28H40N4O2/c1-2-15-32-25-12-11-23(20-24(25)26(30-32)27(33)31-16-18-34-19-17-31)29-21-28(13-7-4-8-14-28)22-9-5-3-6-10-22/h3,5-6,9-10,23,29H,2,4,7-8,11-21H2,1H3/t23-/m1/s1. The van der Waals surface area contributed by atoms with Crippen molar-refractivity contribution in [2.24, 2.45) is 0 Å². The number of fused-ring (bicyclic) bond motifs is 1. The molecule has 5 rings (SSSR count). The second kappa shape index (κ2) is 10.6. The number of aryl methyl sites for hydroxylation is 1. The zero-order valence-corrected chi connectivity index (χ0v) is 20.7. The maximum Gasteiger partial charge on any atom is 0.274 e. The zero-order chi connectivity index (χ0) is 23.4. The normalized spacial score (nSPS) is 22.4. The fraction of sp³-hybridized carbons (Fsp3) is 0.643. The largest absolute Gasteiger partial charge is 0.378 e. The van der Waals surface area contributed by atoms with Crippen LogP contribution in [-0.2, 0) is 29.5 Å². The van der Waals surface area contributed by atoms with Crippen LogP contribution in [0.15, 0.2) is 30.3 Å². The summed E-state index contributed by atoms with van der Waals surface area (Å²) in [5, 5.41) is 8.84. The number of amides is 1. The predicted octanol–water partition coefficient (Wildman–Crippen LogP) is 4.11. The predicted molar refractivity (Wildman–Crippen MR) is 134 cm³/mol. The first kappa shape index (κ1) is 23.6. The summed E-state index contributed by atoms with van der Waals surface area (Å²) in [6.07, 6.45) is 10.5. The van der Waals surface area contributed by atoms with Gasteiger partial charge in [-0.15, -0.1) is 0 Å². The summed E-state index contributed by atoms with van der Waals surface area (Å²) >= 11 is 0. The number of nitrogens with zero attached hydrogens (tertiary/aromatic N) is 3. The maximum absolute atomic E-state index is 13.4. The molecule has 1 saturated carbocycles. The van der Waals surface area contributed by atoms with Gasteiger partial charge in [0.25, 0.3) is 5.91 Å². The molecule has 0 bridgehead atoms. The molecular formula is C28H40N4O2. The minimum Gasteiger partial charge on any atom is -0.378 e. The Balaban J connectivity index is 1.34. The van der Waals surface area contributed by atoms with Crippen LogP contribution < -0.4 is 5.32 Å². The lowest BCUT2D eigenvalue weighted by Gasteiger charge is -2.40. The van der Waals surface area contributed by atoms with Crippen molar-refractivity contribution in [1.82, 2.24) is 20.0 Å². The lowest BCUT2D eigenvalue weighted by molar-refractivity contribution is 0.0297. The molecule has 0 unspecified atom stereocenters. The maximum atomic E-state index is 13.4. The fourth-order valence-electron chi connectivity index (χ4n) is 6.27. The van der Waals surface area contributed by atoms with Gasteiger partial charge in [-0.1, -0.05) is 56.5 Å². The number of nitrogens with one attached hydrogen (secondary N) is 1. The van der Waals surface area contributed by atoms with Crippen LogP contribution in [0.4, 0.5) is 0 Å². The summed E-state index contributed by atoms with van der Waals surface area (Å²) in [6, 6.07) is 11.5. The van der Waals surface area contributed by atoms with E-state index in [1.165, 1.54) is 48.9 Å². The van der Waals surface area contributed by atoms with Gasteiger partial charge in [0.15, 0.2) is 5.69 Å². The van der Waals surface area contributed by atoms with Gasteiger partial charge in [-0.25, -0.2) is 0 Å². The molecular weight excluding hydrogens is 424 g/mol. The summed E-state index contributed by atoms with van der Waals surface area (Å²) in [6.45, 7) is 6.65. The van der Waals surface area contributed by atoms with Crippen molar-refractivity contribution in [3.63, 3.8) is 0 Å². The molecule has 3 aliphatic rings. The van der Waals surface area contributed by atoms with Crippen LogP contribution in [0.3, 0.4) is 0 Å². The minimum absolute atomic E-state index is 0.0862. The summed E-state index contributed by atoms with van der Waals surface area (Å²) in [5.74, 6) is 0.0862. The highest BCUT2D eigenvalue weighted by Crippen LogP contribution is 2.39. The van der Waals surface area contributed by atoms with E-state index in [-0.39, 0.29) is 11.3 Å². The molecule has 2 aromatic rings. The molecule has 2 fully saturated rings. The number of carbonyl (C=O) groups is 1. The van der Waals surface area contributed by atoms with Crippen LogP contribution in [0.5, 0.6) is 0 Å². The van der Waals surface area contributed by atoms with Gasteiger partial charge < -0.3 is 15.0 Å². The average Bonchev–Trinajstić information content (AvgIpc) is 3.26. The Kier molecular flexibility index (Phi) is 7.35. The van der Waals surface area contributed by atoms with Gasteiger partial charge in [0.2, 0.25) is 0 Å². The summed E-state index contributed by atoms with van der Waals surface area (Å²) in [5.41, 5.74) is 4.88. The van der Waals surface area contributed by atoms with Crippen LogP contribution in [0.25, 0.3) is 0 Å². The third-order valence-corrected chi connectivity index (χ3v) is 8.21. The second-order valence-corrected chi connectivity index (χ2v) is 10.4. The number of carbonyl (C=O) groups excluding carboxylic acids is 1. The Bertz CT molecular complexity index is 958. The van der Waals surface area contributed by atoms with Gasteiger partial charge in [-0.3, -0.25) is 9.48 Å². The van der Waals surface area contributed by atoms with Gasteiger partial charge in [-0.2, -0.15) is 5.10 Å². The van der Waals surface area contributed by atoms with Gasteiger partial charge in [0, 0.05) is 48.9 Å². The fourth-order valence-corrected chi connectivity index (χ4v) is 6.27. The van der Waals surface area contributed by atoms with Gasteiger partial charge in [0.05, 0.1) is 13.2 Å². The first-order valence-corrected chi connectivity index (χ1v) is 13.4. The van der Waals surface area contributed by atoms with Crippen LogP contribution in [-0.4, -0.2) is 59.5 Å². The average molecular weight is 465 g/mol. The van der Waals surface area contributed by atoms with E-state index in [1.54, 1.807) is 0 Å². The third-order valence-electron chi connectivity index (χ3n) is 8.21. The molecule has 2 aliphatic carbocycles. The third kappa shape index (κ3) is 4.80. The van der Waals surface area contributed by atoms with Crippen molar-refractivity contribution in [3.05, 3.63) is 52.8 Å². The Labute approximate surface area is 204 Å². The van der Waals surface area contributed by atoms with Crippen LogP contribution in [0, 0.1) is 0 Å². The van der Waals surface area contributed by atoms with Crippen molar-refractivity contribution in [2.75, 3.05) is 32.8 Å². The van der Waals surface area contributed by atoms with E-state index in [4.69, 9.17) is 9.84 Å². The van der Waals surface area contributed by atoms with Gasteiger partial charge in [-0.05, 0) is 44.1 Å². The highest BCUT2D eigenvalue weighted by molar-refractivity contribution is 5.94. The highest BCUT2D eigenvalue weighted by Gasteiger charge is 2.36. The van der Waals surface area contributed by atoms with Crippen molar-refractivity contribution in [3.8, 4) is 0 Å². The van der Waals surface area contributed by atoms with Gasteiger partial charge >= 0.3 is 0 Å². The van der Waals surface area contributed by atoms with Crippen molar-refractivity contribution >= 4 is 5.91 Å². The molecule has 1 amide bonds. The number of morpholine rings is 1. The van der Waals surface area contributed by atoms with E-state index < -0.39 is 0 Å². The quantitative estimate of drug-likeness (QED) is 0.670. The van der Waals surface area contributed by atoms with E-state index >= 15 is 0 Å². The van der Waals surface area contributed by atoms with E-state index in [1.807, 2.05) is 4.90 Å². The Morgan fingerprint density at radius 2 is 1.91 bits per heavy atom. The summed E-state index contributed by atoms with van der Waals surface area (Å²) in [7, 11) is 0. The molecule has 1 N–H and O–H groups in total. The molecule has 1 saturated heterocycles. The Morgan fingerprint density at radius 1 is 1.15 bits per heavy atom. The molecule has 6 heteroatoms. The van der Waals surface area contributed by atoms with E-state index in [2.05, 4.69) is 47.3 Å². The minimum atomic E-state index is 0.0862. The molecule has 1 aromatic carbocycles. The summed E-state index contributed by atoms with van der Waals surface area (Å²) in [4.78, 5) is 15.3. The van der Waals surface area contributed by atoms with Gasteiger partial charge in [0.1, 0.15) is 0 Å². The number of rotatable bonds is 7. The second-order valence-electron chi connectivity index (χ2n) is 10.4. The van der Waals surface area contributed by atoms with Crippen molar-refractivity contribution < 1.29 is 9.53 Å². The van der Waals surface area contributed by atoms with Crippen LogP contribution in [0.2, 0.25) is 0 Å². The Hall–Kier alpha value is -2.18. The first-order chi connectivity index (χ1) is 16.7. The molecule has 0 radical (unpaired) electrons. The topological polar surface area (TPSA) is 59.4 Å². The summed E-state index contributed by atoms with van der Waals surface area (Å²) < 4.78 is 7.58. The SMILES string of the molecule is CCCn1nc(C(=O)N2CCOCC2)c2c1CC[C@@H](NCC1(c3ccccc3)CCCCC1)C2. The molecule has 6 nitrogen and oxygen atoms in total. The highest BCUT2D eigenvalue weighted by atomic mass is 16.5. The number of hydrogen-bond acceptors (Lipinski definition) is 4. The van der Waals surface area contributed by atoms with Crippen molar-refractivity contribution in [1.29, 1.82) is 0 Å². The molecule has 34 heavy (non-hydrogen) atoms.